The quantitative estimate of drug-likeness (QED) is 0.891. The molecule has 18 heavy (non-hydrogen) atoms. The monoisotopic (exact) mass is 261 g/mol. The molecule has 0 radical (unpaired) electrons. The first-order valence-electron chi connectivity index (χ1n) is 5.86. The first-order valence-corrected chi connectivity index (χ1v) is 6.68. The van der Waals surface area contributed by atoms with Crippen LogP contribution in [0, 0.1) is 12.7 Å². The van der Waals surface area contributed by atoms with Crippen molar-refractivity contribution >= 4 is 11.8 Å². The van der Waals surface area contributed by atoms with Gasteiger partial charge < -0.3 is 5.73 Å². The van der Waals surface area contributed by atoms with Crippen LogP contribution in [0.4, 0.5) is 4.39 Å². The Morgan fingerprint density at radius 2 is 1.83 bits per heavy atom. The lowest BCUT2D eigenvalue weighted by molar-refractivity contribution is 0.619. The van der Waals surface area contributed by atoms with Crippen LogP contribution in [0.2, 0.25) is 0 Å². The molecule has 2 rings (SSSR count). The van der Waals surface area contributed by atoms with E-state index in [4.69, 9.17) is 5.73 Å². The molecule has 0 saturated heterocycles. The van der Waals surface area contributed by atoms with E-state index >= 15 is 0 Å². The van der Waals surface area contributed by atoms with Crippen molar-refractivity contribution in [3.05, 3.63) is 59.4 Å². The van der Waals surface area contributed by atoms with E-state index in [0.29, 0.717) is 0 Å². The van der Waals surface area contributed by atoms with Crippen LogP contribution in [0.3, 0.4) is 0 Å². The Labute approximate surface area is 111 Å². The lowest BCUT2D eigenvalue weighted by atomic mass is 10.1. The van der Waals surface area contributed by atoms with Gasteiger partial charge in [0.15, 0.2) is 0 Å². The summed E-state index contributed by atoms with van der Waals surface area (Å²) in [6.07, 6.45) is 0. The summed E-state index contributed by atoms with van der Waals surface area (Å²) in [4.78, 5) is 2.19. The summed E-state index contributed by atoms with van der Waals surface area (Å²) < 4.78 is 13.3. The van der Waals surface area contributed by atoms with Crippen molar-refractivity contribution in [2.24, 2.45) is 5.73 Å². The molecule has 0 aliphatic rings. The third kappa shape index (κ3) is 2.92. The standard InChI is InChI=1S/C15H16FNS/c1-10-5-3-4-6-14(10)18-15-8-7-12(16)9-13(15)11(2)17/h3-9,11H,17H2,1-2H3. The van der Waals surface area contributed by atoms with Gasteiger partial charge in [-0.05, 0) is 49.2 Å². The number of hydrogen-bond acceptors (Lipinski definition) is 2. The number of aryl methyl sites for hydroxylation is 1. The molecule has 0 aromatic heterocycles. The van der Waals surface area contributed by atoms with E-state index in [1.165, 1.54) is 22.6 Å². The fourth-order valence-electron chi connectivity index (χ4n) is 1.76. The molecule has 0 heterocycles. The van der Waals surface area contributed by atoms with Crippen molar-refractivity contribution in [2.75, 3.05) is 0 Å². The van der Waals surface area contributed by atoms with Crippen LogP contribution in [0.1, 0.15) is 24.1 Å². The molecule has 0 bridgehead atoms. The van der Waals surface area contributed by atoms with Gasteiger partial charge in [-0.15, -0.1) is 0 Å². The molecule has 1 unspecified atom stereocenters. The molecule has 0 aliphatic heterocycles. The zero-order chi connectivity index (χ0) is 13.1. The first-order chi connectivity index (χ1) is 8.58. The normalized spacial score (nSPS) is 12.4. The van der Waals surface area contributed by atoms with Gasteiger partial charge >= 0.3 is 0 Å². The van der Waals surface area contributed by atoms with Gasteiger partial charge in [0.05, 0.1) is 0 Å². The molecular weight excluding hydrogens is 245 g/mol. The smallest absolute Gasteiger partial charge is 0.123 e. The lowest BCUT2D eigenvalue weighted by Crippen LogP contribution is -2.06. The molecule has 0 fully saturated rings. The molecule has 1 atom stereocenters. The Bertz CT molecular complexity index is 552. The van der Waals surface area contributed by atoms with Gasteiger partial charge in [-0.1, -0.05) is 30.0 Å². The average molecular weight is 261 g/mol. The summed E-state index contributed by atoms with van der Waals surface area (Å²) in [7, 11) is 0. The molecule has 0 amide bonds. The summed E-state index contributed by atoms with van der Waals surface area (Å²) in [5.74, 6) is -0.239. The summed E-state index contributed by atoms with van der Waals surface area (Å²) in [6.45, 7) is 3.94. The van der Waals surface area contributed by atoms with Gasteiger partial charge in [0.25, 0.3) is 0 Å². The number of rotatable bonds is 3. The molecule has 0 spiro atoms. The van der Waals surface area contributed by atoms with Crippen LogP contribution in [-0.2, 0) is 0 Å². The molecule has 0 saturated carbocycles. The van der Waals surface area contributed by atoms with Crippen molar-refractivity contribution < 1.29 is 4.39 Å². The SMILES string of the molecule is Cc1ccccc1Sc1ccc(F)cc1C(C)N. The summed E-state index contributed by atoms with van der Waals surface area (Å²) in [5, 5.41) is 0. The van der Waals surface area contributed by atoms with Gasteiger partial charge in [-0.25, -0.2) is 4.39 Å². The fourth-order valence-corrected chi connectivity index (χ4v) is 2.87. The summed E-state index contributed by atoms with van der Waals surface area (Å²) in [6, 6.07) is 12.8. The molecule has 0 aliphatic carbocycles. The minimum atomic E-state index is -0.239. The van der Waals surface area contributed by atoms with Crippen LogP contribution in [0.15, 0.2) is 52.3 Å². The second-order valence-electron chi connectivity index (χ2n) is 4.34. The van der Waals surface area contributed by atoms with E-state index < -0.39 is 0 Å². The maximum absolute atomic E-state index is 13.3. The van der Waals surface area contributed by atoms with E-state index in [0.717, 1.165) is 10.5 Å². The summed E-state index contributed by atoms with van der Waals surface area (Å²) in [5.41, 5.74) is 7.96. The Morgan fingerprint density at radius 3 is 2.50 bits per heavy atom. The second-order valence-corrected chi connectivity index (χ2v) is 5.42. The maximum Gasteiger partial charge on any atom is 0.123 e. The minimum absolute atomic E-state index is 0.174. The number of halogens is 1. The molecule has 1 nitrogen and oxygen atoms in total. The first kappa shape index (κ1) is 13.1. The van der Waals surface area contributed by atoms with Gasteiger partial charge in [-0.3, -0.25) is 0 Å². The predicted molar refractivity (Wildman–Crippen MR) is 74.3 cm³/mol. The molecule has 2 aromatic carbocycles. The maximum atomic E-state index is 13.3. The predicted octanol–water partition coefficient (Wildman–Crippen LogP) is 4.31. The van der Waals surface area contributed by atoms with Crippen LogP contribution in [0.25, 0.3) is 0 Å². The van der Waals surface area contributed by atoms with Crippen molar-refractivity contribution in [3.63, 3.8) is 0 Å². The summed E-state index contributed by atoms with van der Waals surface area (Å²) >= 11 is 1.63. The van der Waals surface area contributed by atoms with Crippen LogP contribution in [0.5, 0.6) is 0 Å². The number of hydrogen-bond donors (Lipinski definition) is 1. The topological polar surface area (TPSA) is 26.0 Å². The third-order valence-corrected chi connectivity index (χ3v) is 4.05. The molecule has 94 valence electrons. The Hall–Kier alpha value is -1.32. The lowest BCUT2D eigenvalue weighted by Gasteiger charge is -2.13. The van der Waals surface area contributed by atoms with Gasteiger partial charge in [0, 0.05) is 15.8 Å². The highest BCUT2D eigenvalue weighted by Gasteiger charge is 2.10. The van der Waals surface area contributed by atoms with Gasteiger partial charge in [-0.2, -0.15) is 0 Å². The van der Waals surface area contributed by atoms with Crippen molar-refractivity contribution in [1.82, 2.24) is 0 Å². The highest BCUT2D eigenvalue weighted by atomic mass is 32.2. The number of benzene rings is 2. The Morgan fingerprint density at radius 1 is 1.11 bits per heavy atom. The van der Waals surface area contributed by atoms with Crippen molar-refractivity contribution in [1.29, 1.82) is 0 Å². The van der Waals surface area contributed by atoms with Crippen molar-refractivity contribution in [2.45, 2.75) is 29.7 Å². The van der Waals surface area contributed by atoms with E-state index in [2.05, 4.69) is 19.1 Å². The molecule has 2 aromatic rings. The minimum Gasteiger partial charge on any atom is -0.324 e. The third-order valence-electron chi connectivity index (χ3n) is 2.78. The second kappa shape index (κ2) is 5.55. The van der Waals surface area contributed by atoms with Gasteiger partial charge in [0.2, 0.25) is 0 Å². The van der Waals surface area contributed by atoms with Crippen LogP contribution < -0.4 is 5.73 Å². The van der Waals surface area contributed by atoms with Crippen molar-refractivity contribution in [3.8, 4) is 0 Å². The van der Waals surface area contributed by atoms with E-state index in [1.807, 2.05) is 19.1 Å². The van der Waals surface area contributed by atoms with Crippen LogP contribution >= 0.6 is 11.8 Å². The largest absolute Gasteiger partial charge is 0.324 e. The molecule has 2 N–H and O–H groups in total. The van der Waals surface area contributed by atoms with Gasteiger partial charge in [0.1, 0.15) is 5.82 Å². The Kier molecular flexibility index (Phi) is 4.04. The highest BCUT2D eigenvalue weighted by molar-refractivity contribution is 7.99. The number of nitrogens with two attached hydrogens (primary N) is 1. The van der Waals surface area contributed by atoms with E-state index in [1.54, 1.807) is 17.8 Å². The van der Waals surface area contributed by atoms with E-state index in [-0.39, 0.29) is 11.9 Å². The highest BCUT2D eigenvalue weighted by Crippen LogP contribution is 2.34. The molecular formula is C15H16FNS. The average Bonchev–Trinajstić information content (AvgIpc) is 2.34. The zero-order valence-electron chi connectivity index (χ0n) is 10.5. The molecule has 3 heteroatoms. The zero-order valence-corrected chi connectivity index (χ0v) is 11.3. The fraction of sp³-hybridized carbons (Fsp3) is 0.200. The Balaban J connectivity index is 2.37. The van der Waals surface area contributed by atoms with Crippen LogP contribution in [-0.4, -0.2) is 0 Å². The van der Waals surface area contributed by atoms with E-state index in [9.17, 15) is 4.39 Å².